The molecule has 0 aliphatic carbocycles. The number of nitrogens with one attached hydrogen (secondary N) is 1. The van der Waals surface area contributed by atoms with Crippen molar-refractivity contribution in [1.82, 2.24) is 4.31 Å². The van der Waals surface area contributed by atoms with Crippen molar-refractivity contribution in [3.63, 3.8) is 0 Å². The Morgan fingerprint density at radius 3 is 2.38 bits per heavy atom. The Kier molecular flexibility index (Phi) is 7.09. The highest BCUT2D eigenvalue weighted by Crippen LogP contribution is 2.28. The van der Waals surface area contributed by atoms with Gasteiger partial charge in [-0.1, -0.05) is 50.6 Å². The van der Waals surface area contributed by atoms with E-state index in [4.69, 9.17) is 0 Å². The number of carbonyl (C=O) groups is 1. The van der Waals surface area contributed by atoms with E-state index in [9.17, 15) is 13.2 Å². The molecular formula is C23H30N2O3S. The fraction of sp³-hybridized carbons (Fsp3) is 0.435. The van der Waals surface area contributed by atoms with E-state index in [1.165, 1.54) is 0 Å². The lowest BCUT2D eigenvalue weighted by atomic mass is 9.95. The van der Waals surface area contributed by atoms with E-state index in [0.717, 1.165) is 31.2 Å². The third-order valence-electron chi connectivity index (χ3n) is 5.70. The molecule has 3 rings (SSSR count). The second-order valence-corrected chi connectivity index (χ2v) is 9.45. The van der Waals surface area contributed by atoms with Gasteiger partial charge in [0.15, 0.2) is 0 Å². The summed E-state index contributed by atoms with van der Waals surface area (Å²) in [5.74, 6) is -0.324. The molecule has 156 valence electrons. The number of benzene rings is 2. The minimum absolute atomic E-state index is 0.0734. The van der Waals surface area contributed by atoms with Crippen molar-refractivity contribution in [2.24, 2.45) is 0 Å². The number of nitrogens with zero attached hydrogens (tertiary/aromatic N) is 1. The third-order valence-corrected chi connectivity index (χ3v) is 7.67. The molecule has 5 nitrogen and oxygen atoms in total. The molecule has 2 atom stereocenters. The van der Waals surface area contributed by atoms with E-state index >= 15 is 0 Å². The minimum atomic E-state index is -3.51. The van der Waals surface area contributed by atoms with Gasteiger partial charge in [-0.25, -0.2) is 8.42 Å². The molecule has 0 saturated carbocycles. The van der Waals surface area contributed by atoms with Gasteiger partial charge in [0.1, 0.15) is 0 Å². The zero-order valence-electron chi connectivity index (χ0n) is 17.2. The van der Waals surface area contributed by atoms with E-state index in [2.05, 4.69) is 5.32 Å². The Bertz CT molecular complexity index is 911. The second-order valence-electron chi connectivity index (χ2n) is 7.56. The van der Waals surface area contributed by atoms with Crippen molar-refractivity contribution in [1.29, 1.82) is 0 Å². The predicted octanol–water partition coefficient (Wildman–Crippen LogP) is 4.77. The molecule has 2 unspecified atom stereocenters. The van der Waals surface area contributed by atoms with Crippen LogP contribution in [-0.2, 0) is 14.8 Å². The Hall–Kier alpha value is -2.18. The average molecular weight is 415 g/mol. The highest BCUT2D eigenvalue weighted by Gasteiger charge is 2.32. The quantitative estimate of drug-likeness (QED) is 0.709. The molecule has 1 aliphatic heterocycles. The first-order chi connectivity index (χ1) is 14.0. The summed E-state index contributed by atoms with van der Waals surface area (Å²) in [6.45, 7) is 4.60. The molecule has 2 aromatic rings. The normalized spacial score (nSPS) is 18.9. The van der Waals surface area contributed by atoms with Crippen LogP contribution in [0.5, 0.6) is 0 Å². The highest BCUT2D eigenvalue weighted by molar-refractivity contribution is 7.89. The van der Waals surface area contributed by atoms with Crippen molar-refractivity contribution < 1.29 is 13.2 Å². The average Bonchev–Trinajstić information content (AvgIpc) is 2.75. The number of carbonyl (C=O) groups excluding carboxylic acids is 1. The van der Waals surface area contributed by atoms with Crippen LogP contribution in [0.25, 0.3) is 0 Å². The monoisotopic (exact) mass is 414 g/mol. The van der Waals surface area contributed by atoms with Gasteiger partial charge < -0.3 is 5.32 Å². The Morgan fingerprint density at radius 2 is 1.76 bits per heavy atom. The van der Waals surface area contributed by atoms with E-state index in [1.807, 2.05) is 44.2 Å². The van der Waals surface area contributed by atoms with Gasteiger partial charge in [-0.2, -0.15) is 4.31 Å². The lowest BCUT2D eigenvalue weighted by molar-refractivity contribution is -0.117. The summed E-state index contributed by atoms with van der Waals surface area (Å²) >= 11 is 0. The molecule has 1 amide bonds. The summed E-state index contributed by atoms with van der Waals surface area (Å²) < 4.78 is 27.8. The molecule has 0 radical (unpaired) electrons. The maximum absolute atomic E-state index is 13.1. The maximum Gasteiger partial charge on any atom is 0.243 e. The van der Waals surface area contributed by atoms with Crippen molar-refractivity contribution in [3.8, 4) is 0 Å². The summed E-state index contributed by atoms with van der Waals surface area (Å²) in [5.41, 5.74) is 1.58. The predicted molar refractivity (Wildman–Crippen MR) is 116 cm³/mol. The van der Waals surface area contributed by atoms with Gasteiger partial charge in [0, 0.05) is 18.3 Å². The standard InChI is InChI=1S/C23H30N2O3S/c1-3-20-12-8-9-17-25(20)29(27,28)21-15-13-19(14-16-21)24-23(26)22(4-2)18-10-6-5-7-11-18/h5-7,10-11,13-16,20,22H,3-4,8-9,12,17H2,1-2H3,(H,24,26). The number of sulfonamides is 1. The van der Waals surface area contributed by atoms with Crippen LogP contribution < -0.4 is 5.32 Å². The molecule has 0 aromatic heterocycles. The molecule has 0 bridgehead atoms. The fourth-order valence-corrected chi connectivity index (χ4v) is 5.80. The molecule has 6 heteroatoms. The van der Waals surface area contributed by atoms with Gasteiger partial charge in [-0.3, -0.25) is 4.79 Å². The summed E-state index contributed by atoms with van der Waals surface area (Å²) in [5, 5.41) is 2.92. The molecule has 1 N–H and O–H groups in total. The van der Waals surface area contributed by atoms with Gasteiger partial charge in [-0.05, 0) is 55.5 Å². The van der Waals surface area contributed by atoms with E-state index < -0.39 is 10.0 Å². The number of piperidine rings is 1. The minimum Gasteiger partial charge on any atom is -0.326 e. The van der Waals surface area contributed by atoms with Crippen LogP contribution in [-0.4, -0.2) is 31.2 Å². The van der Waals surface area contributed by atoms with Gasteiger partial charge in [0.05, 0.1) is 10.8 Å². The highest BCUT2D eigenvalue weighted by atomic mass is 32.2. The van der Waals surface area contributed by atoms with Crippen LogP contribution >= 0.6 is 0 Å². The van der Waals surface area contributed by atoms with Crippen molar-refractivity contribution >= 4 is 21.6 Å². The number of amides is 1. The lowest BCUT2D eigenvalue weighted by Crippen LogP contribution is -2.43. The third kappa shape index (κ3) is 4.87. The fourth-order valence-electron chi connectivity index (χ4n) is 4.03. The van der Waals surface area contributed by atoms with Gasteiger partial charge in [0.25, 0.3) is 0 Å². The molecule has 0 spiro atoms. The summed E-state index contributed by atoms with van der Waals surface area (Å²) in [6, 6.07) is 16.3. The summed E-state index contributed by atoms with van der Waals surface area (Å²) in [4.78, 5) is 13.0. The Balaban J connectivity index is 1.73. The van der Waals surface area contributed by atoms with Gasteiger partial charge in [-0.15, -0.1) is 0 Å². The van der Waals surface area contributed by atoms with Crippen LogP contribution in [0.15, 0.2) is 59.5 Å². The largest absolute Gasteiger partial charge is 0.326 e. The number of hydrogen-bond acceptors (Lipinski definition) is 3. The molecule has 1 saturated heterocycles. The van der Waals surface area contributed by atoms with Crippen LogP contribution in [0.4, 0.5) is 5.69 Å². The summed E-state index contributed by atoms with van der Waals surface area (Å²) in [7, 11) is -3.51. The smallest absolute Gasteiger partial charge is 0.243 e. The Labute approximate surface area is 174 Å². The number of anilines is 1. The molecule has 2 aromatic carbocycles. The van der Waals surface area contributed by atoms with Crippen molar-refractivity contribution in [2.75, 3.05) is 11.9 Å². The van der Waals surface area contributed by atoms with Crippen LogP contribution in [0.1, 0.15) is 57.4 Å². The van der Waals surface area contributed by atoms with E-state index in [0.29, 0.717) is 18.7 Å². The van der Waals surface area contributed by atoms with Gasteiger partial charge >= 0.3 is 0 Å². The first-order valence-corrected chi connectivity index (χ1v) is 11.9. The first kappa shape index (κ1) is 21.5. The number of hydrogen-bond donors (Lipinski definition) is 1. The molecule has 1 aliphatic rings. The topological polar surface area (TPSA) is 66.5 Å². The molecular weight excluding hydrogens is 384 g/mol. The first-order valence-electron chi connectivity index (χ1n) is 10.4. The van der Waals surface area contributed by atoms with Crippen molar-refractivity contribution in [3.05, 3.63) is 60.2 Å². The summed E-state index contributed by atoms with van der Waals surface area (Å²) in [6.07, 6.45) is 4.42. The van der Waals surface area contributed by atoms with E-state index in [-0.39, 0.29) is 22.8 Å². The SMILES string of the molecule is CCC(C(=O)Nc1ccc(S(=O)(=O)N2CCCCC2CC)cc1)c1ccccc1. The van der Waals surface area contributed by atoms with Crippen LogP contribution in [0, 0.1) is 0 Å². The molecule has 1 heterocycles. The number of rotatable bonds is 7. The van der Waals surface area contributed by atoms with Crippen LogP contribution in [0.3, 0.4) is 0 Å². The molecule has 1 fully saturated rings. The zero-order valence-corrected chi connectivity index (χ0v) is 18.0. The maximum atomic E-state index is 13.1. The molecule has 29 heavy (non-hydrogen) atoms. The Morgan fingerprint density at radius 1 is 1.07 bits per heavy atom. The van der Waals surface area contributed by atoms with Crippen LogP contribution in [0.2, 0.25) is 0 Å². The van der Waals surface area contributed by atoms with Gasteiger partial charge in [0.2, 0.25) is 15.9 Å². The second kappa shape index (κ2) is 9.55. The lowest BCUT2D eigenvalue weighted by Gasteiger charge is -2.34. The van der Waals surface area contributed by atoms with E-state index in [1.54, 1.807) is 28.6 Å². The van der Waals surface area contributed by atoms with Crippen molar-refractivity contribution in [2.45, 2.75) is 62.8 Å². The zero-order chi connectivity index (χ0) is 20.9.